The number of alkyl halides is 1. The molecule has 0 amide bonds. The van der Waals surface area contributed by atoms with Crippen LogP contribution in [0.4, 0.5) is 4.39 Å². The molecule has 0 spiro atoms. The molecule has 76 valence electrons. The highest BCUT2D eigenvalue weighted by Gasteiger charge is 2.44. The Hall–Kier alpha value is -1.46. The molecule has 1 rings (SSSR count). The highest BCUT2D eigenvalue weighted by atomic mass is 19.1. The lowest BCUT2D eigenvalue weighted by atomic mass is 10.0. The van der Waals surface area contributed by atoms with Gasteiger partial charge in [-0.1, -0.05) is 30.3 Å². The van der Waals surface area contributed by atoms with Gasteiger partial charge in [0.15, 0.2) is 6.17 Å². The van der Waals surface area contributed by atoms with E-state index in [1.54, 1.807) is 6.07 Å². The van der Waals surface area contributed by atoms with Crippen molar-refractivity contribution in [1.29, 1.82) is 0 Å². The zero-order valence-corrected chi connectivity index (χ0v) is 7.09. The SMILES string of the molecule is O=C(O)C(O)(O)C(F)c1ccccc1. The molecule has 1 aromatic carbocycles. The number of aliphatic carboxylic acids is 1. The molecule has 3 N–H and O–H groups in total. The Morgan fingerprint density at radius 2 is 1.79 bits per heavy atom. The molecule has 1 unspecified atom stereocenters. The summed E-state index contributed by atoms with van der Waals surface area (Å²) in [5, 5.41) is 26.1. The molecular weight excluding hydrogens is 191 g/mol. The Balaban J connectivity index is 2.96. The van der Waals surface area contributed by atoms with Gasteiger partial charge in [-0.15, -0.1) is 0 Å². The molecule has 4 nitrogen and oxygen atoms in total. The summed E-state index contributed by atoms with van der Waals surface area (Å²) in [6, 6.07) is 7.09. The van der Waals surface area contributed by atoms with Crippen LogP contribution in [0.15, 0.2) is 30.3 Å². The van der Waals surface area contributed by atoms with Crippen molar-refractivity contribution in [3.8, 4) is 0 Å². The van der Waals surface area contributed by atoms with Gasteiger partial charge in [0.05, 0.1) is 0 Å². The number of carboxylic acid groups (broad SMARTS) is 1. The minimum atomic E-state index is -3.39. The molecule has 1 atom stereocenters. The lowest BCUT2D eigenvalue weighted by molar-refractivity contribution is -0.226. The van der Waals surface area contributed by atoms with Crippen LogP contribution in [0.1, 0.15) is 11.7 Å². The number of hydrogen-bond donors (Lipinski definition) is 3. The average Bonchev–Trinajstić information content (AvgIpc) is 2.17. The molecule has 1 aromatic rings. The van der Waals surface area contributed by atoms with E-state index in [-0.39, 0.29) is 5.56 Å². The van der Waals surface area contributed by atoms with Crippen LogP contribution in [-0.2, 0) is 4.79 Å². The van der Waals surface area contributed by atoms with Crippen molar-refractivity contribution in [3.63, 3.8) is 0 Å². The average molecular weight is 200 g/mol. The Morgan fingerprint density at radius 1 is 1.29 bits per heavy atom. The maximum atomic E-state index is 13.3. The largest absolute Gasteiger partial charge is 0.477 e. The number of halogens is 1. The van der Waals surface area contributed by atoms with Gasteiger partial charge in [0, 0.05) is 0 Å². The summed E-state index contributed by atoms with van der Waals surface area (Å²) < 4.78 is 13.3. The van der Waals surface area contributed by atoms with Crippen LogP contribution < -0.4 is 0 Å². The number of carboxylic acids is 1. The molecule has 0 heterocycles. The Kier molecular flexibility index (Phi) is 2.83. The van der Waals surface area contributed by atoms with Gasteiger partial charge >= 0.3 is 11.8 Å². The van der Waals surface area contributed by atoms with Crippen LogP contribution in [0.2, 0.25) is 0 Å². The van der Waals surface area contributed by atoms with Crippen molar-refractivity contribution in [2.75, 3.05) is 0 Å². The molecule has 0 aliphatic rings. The number of benzene rings is 1. The van der Waals surface area contributed by atoms with E-state index in [4.69, 9.17) is 15.3 Å². The summed E-state index contributed by atoms with van der Waals surface area (Å²) in [5.74, 6) is -5.41. The summed E-state index contributed by atoms with van der Waals surface area (Å²) in [4.78, 5) is 10.3. The fourth-order valence-electron chi connectivity index (χ4n) is 0.963. The second-order valence-electron chi connectivity index (χ2n) is 2.80. The molecule has 0 saturated heterocycles. The van der Waals surface area contributed by atoms with Crippen molar-refractivity contribution in [1.82, 2.24) is 0 Å². The van der Waals surface area contributed by atoms with Crippen molar-refractivity contribution in [2.24, 2.45) is 0 Å². The molecule has 14 heavy (non-hydrogen) atoms. The summed E-state index contributed by atoms with van der Waals surface area (Å²) in [6.45, 7) is 0. The van der Waals surface area contributed by atoms with Crippen molar-refractivity contribution < 1.29 is 24.5 Å². The third kappa shape index (κ3) is 1.89. The van der Waals surface area contributed by atoms with E-state index in [0.29, 0.717) is 0 Å². The molecule has 0 aliphatic heterocycles. The Bertz CT molecular complexity index is 323. The van der Waals surface area contributed by atoms with E-state index < -0.39 is 17.9 Å². The van der Waals surface area contributed by atoms with Gasteiger partial charge in [-0.2, -0.15) is 0 Å². The van der Waals surface area contributed by atoms with Crippen molar-refractivity contribution >= 4 is 5.97 Å². The molecular formula is C9H9FO4. The minimum Gasteiger partial charge on any atom is -0.477 e. The van der Waals surface area contributed by atoms with E-state index >= 15 is 0 Å². The highest BCUT2D eigenvalue weighted by molar-refractivity contribution is 5.76. The van der Waals surface area contributed by atoms with Crippen LogP contribution in [0.25, 0.3) is 0 Å². The predicted octanol–water partition coefficient (Wildman–Crippen LogP) is 0.463. The van der Waals surface area contributed by atoms with Crippen LogP contribution >= 0.6 is 0 Å². The fraction of sp³-hybridized carbons (Fsp3) is 0.222. The lowest BCUT2D eigenvalue weighted by Gasteiger charge is -2.20. The van der Waals surface area contributed by atoms with Crippen LogP contribution in [0, 0.1) is 0 Å². The van der Waals surface area contributed by atoms with Gasteiger partial charge in [0.25, 0.3) is 0 Å². The summed E-state index contributed by atoms with van der Waals surface area (Å²) >= 11 is 0. The normalized spacial score (nSPS) is 13.6. The van der Waals surface area contributed by atoms with Gasteiger partial charge in [0.1, 0.15) is 0 Å². The Morgan fingerprint density at radius 3 is 2.21 bits per heavy atom. The van der Waals surface area contributed by atoms with E-state index in [0.717, 1.165) is 0 Å². The Labute approximate surface area is 79.2 Å². The first kappa shape index (κ1) is 10.6. The third-order valence-corrected chi connectivity index (χ3v) is 1.76. The molecule has 0 saturated carbocycles. The van der Waals surface area contributed by atoms with Crippen LogP contribution in [-0.4, -0.2) is 27.1 Å². The van der Waals surface area contributed by atoms with E-state index in [1.165, 1.54) is 24.3 Å². The zero-order chi connectivity index (χ0) is 10.8. The second kappa shape index (κ2) is 3.73. The van der Waals surface area contributed by atoms with Gasteiger partial charge < -0.3 is 15.3 Å². The standard InChI is InChI=1S/C9H9FO4/c10-7(9(13,14)8(11)12)6-4-2-1-3-5-6/h1-5,7,13-14H,(H,11,12). The van der Waals surface area contributed by atoms with Crippen LogP contribution in [0.5, 0.6) is 0 Å². The fourth-order valence-corrected chi connectivity index (χ4v) is 0.963. The molecule has 0 bridgehead atoms. The van der Waals surface area contributed by atoms with E-state index in [1.807, 2.05) is 0 Å². The van der Waals surface area contributed by atoms with Gasteiger partial charge in [-0.05, 0) is 5.56 Å². The second-order valence-corrected chi connectivity index (χ2v) is 2.80. The molecule has 0 radical (unpaired) electrons. The molecule has 0 aliphatic carbocycles. The quantitative estimate of drug-likeness (QED) is 0.619. The molecule has 0 aromatic heterocycles. The summed E-state index contributed by atoms with van der Waals surface area (Å²) in [5.41, 5.74) is -0.0973. The lowest BCUT2D eigenvalue weighted by Crippen LogP contribution is -2.42. The number of carbonyl (C=O) groups is 1. The first-order chi connectivity index (χ1) is 6.46. The summed E-state index contributed by atoms with van der Waals surface area (Å²) in [7, 11) is 0. The number of aliphatic hydroxyl groups is 2. The zero-order valence-electron chi connectivity index (χ0n) is 7.09. The smallest absolute Gasteiger partial charge is 0.367 e. The number of hydrogen-bond acceptors (Lipinski definition) is 3. The summed E-state index contributed by atoms with van der Waals surface area (Å²) in [6.07, 6.45) is -2.37. The first-order valence-electron chi connectivity index (χ1n) is 3.83. The number of rotatable bonds is 3. The molecule has 0 fully saturated rings. The molecule has 5 heteroatoms. The first-order valence-corrected chi connectivity index (χ1v) is 3.83. The van der Waals surface area contributed by atoms with E-state index in [9.17, 15) is 9.18 Å². The van der Waals surface area contributed by atoms with Gasteiger partial charge in [-0.3, -0.25) is 0 Å². The highest BCUT2D eigenvalue weighted by Crippen LogP contribution is 2.27. The monoisotopic (exact) mass is 200 g/mol. The third-order valence-electron chi connectivity index (χ3n) is 1.76. The topological polar surface area (TPSA) is 77.8 Å². The predicted molar refractivity (Wildman–Crippen MR) is 45.1 cm³/mol. The van der Waals surface area contributed by atoms with Gasteiger partial charge in [-0.25, -0.2) is 9.18 Å². The van der Waals surface area contributed by atoms with Crippen LogP contribution in [0.3, 0.4) is 0 Å². The maximum absolute atomic E-state index is 13.3. The minimum absolute atomic E-state index is 0.0973. The van der Waals surface area contributed by atoms with Gasteiger partial charge in [0.2, 0.25) is 0 Å². The van der Waals surface area contributed by atoms with E-state index in [2.05, 4.69) is 0 Å². The van der Waals surface area contributed by atoms with Crippen molar-refractivity contribution in [3.05, 3.63) is 35.9 Å². The van der Waals surface area contributed by atoms with Crippen molar-refractivity contribution in [2.45, 2.75) is 12.0 Å². The maximum Gasteiger partial charge on any atom is 0.367 e.